The van der Waals surface area contributed by atoms with Crippen LogP contribution in [-0.2, 0) is 0 Å². The van der Waals surface area contributed by atoms with Gasteiger partial charge in [0.05, 0.1) is 17.7 Å². The second-order valence-corrected chi connectivity index (χ2v) is 9.33. The van der Waals surface area contributed by atoms with Crippen LogP contribution in [-0.4, -0.2) is 37.1 Å². The van der Waals surface area contributed by atoms with E-state index in [1.165, 1.54) is 0 Å². The Balaban J connectivity index is 1.34. The molecule has 1 aromatic carbocycles. The molecule has 2 saturated carbocycles. The normalized spacial score (nSPS) is 30.4. The fourth-order valence-electron chi connectivity index (χ4n) is 5.28. The summed E-state index contributed by atoms with van der Waals surface area (Å²) in [5.74, 6) is 0.409. The second-order valence-electron chi connectivity index (χ2n) is 9.33. The number of imidazole rings is 1. The number of benzene rings is 1. The van der Waals surface area contributed by atoms with E-state index in [4.69, 9.17) is 4.74 Å². The Morgan fingerprint density at radius 2 is 2.03 bits per heavy atom. The zero-order valence-corrected chi connectivity index (χ0v) is 17.1. The van der Waals surface area contributed by atoms with E-state index in [1.54, 1.807) is 47.6 Å². The highest BCUT2D eigenvalue weighted by Gasteiger charge is 2.56. The lowest BCUT2D eigenvalue weighted by molar-refractivity contribution is -0.0432. The molecule has 2 bridgehead atoms. The van der Waals surface area contributed by atoms with Gasteiger partial charge < -0.3 is 14.4 Å². The van der Waals surface area contributed by atoms with E-state index in [0.717, 1.165) is 24.9 Å². The average molecular weight is 408 g/mol. The van der Waals surface area contributed by atoms with Gasteiger partial charge in [-0.15, -0.1) is 10.2 Å². The molecule has 0 aliphatic heterocycles. The van der Waals surface area contributed by atoms with Gasteiger partial charge in [-0.2, -0.15) is 0 Å². The Hall–Kier alpha value is -2.96. The molecule has 2 fully saturated rings. The zero-order chi connectivity index (χ0) is 20.9. The lowest BCUT2D eigenvalue weighted by Gasteiger charge is -2.42. The summed E-state index contributed by atoms with van der Waals surface area (Å²) >= 11 is 0. The largest absolute Gasteiger partial charge is 0.507 e. The summed E-state index contributed by atoms with van der Waals surface area (Å²) in [7, 11) is 0. The van der Waals surface area contributed by atoms with Crippen LogP contribution in [0.2, 0.25) is 0 Å². The minimum absolute atomic E-state index is 0.0951. The predicted molar refractivity (Wildman–Crippen MR) is 110 cm³/mol. The first kappa shape index (κ1) is 19.0. The molecule has 2 aromatic heterocycles. The van der Waals surface area contributed by atoms with E-state index >= 15 is 4.39 Å². The molecule has 0 saturated heterocycles. The number of ether oxygens (including phenoxy) is 1. The van der Waals surface area contributed by atoms with Crippen molar-refractivity contribution in [2.75, 3.05) is 0 Å². The summed E-state index contributed by atoms with van der Waals surface area (Å²) < 4.78 is 22.9. The lowest BCUT2D eigenvalue weighted by atomic mass is 9.68. The van der Waals surface area contributed by atoms with Crippen molar-refractivity contribution >= 4 is 0 Å². The molecular weight excluding hydrogens is 383 g/mol. The molecular formula is C23H25FN4O2. The fraction of sp³-hybridized carbons (Fsp3) is 0.435. The van der Waals surface area contributed by atoms with Crippen molar-refractivity contribution in [3.8, 4) is 28.6 Å². The van der Waals surface area contributed by atoms with E-state index in [1.807, 2.05) is 13.0 Å². The minimum atomic E-state index is -1.01. The standard InChI is InChI=1S/C23H25FN4O2/c1-22-7-8-23(2,13-22)21(24)19(12-22)30-20-6-5-17(26-27-20)16-4-3-15(11-18(16)29)28-10-9-25-14-28/h3-6,9-11,14,19,21,29H,7-8,12-13H2,1-2H3/t19-,21+,22-,23-/m0/s1. The van der Waals surface area contributed by atoms with Crippen molar-refractivity contribution in [2.45, 2.75) is 51.8 Å². The lowest BCUT2D eigenvalue weighted by Crippen LogP contribution is -2.46. The van der Waals surface area contributed by atoms with Gasteiger partial charge in [-0.25, -0.2) is 9.37 Å². The summed E-state index contributed by atoms with van der Waals surface area (Å²) in [6.07, 6.45) is 7.20. The van der Waals surface area contributed by atoms with Crippen molar-refractivity contribution in [1.29, 1.82) is 0 Å². The molecule has 0 spiro atoms. The number of aromatic hydroxyl groups is 1. The molecule has 6 nitrogen and oxygen atoms in total. The molecule has 0 amide bonds. The minimum Gasteiger partial charge on any atom is -0.507 e. The van der Waals surface area contributed by atoms with Crippen molar-refractivity contribution in [2.24, 2.45) is 10.8 Å². The van der Waals surface area contributed by atoms with E-state index < -0.39 is 12.3 Å². The van der Waals surface area contributed by atoms with E-state index in [9.17, 15) is 5.11 Å². The van der Waals surface area contributed by atoms with Crippen LogP contribution in [0, 0.1) is 10.8 Å². The van der Waals surface area contributed by atoms with Gasteiger partial charge in [0.1, 0.15) is 18.0 Å². The molecule has 2 aliphatic carbocycles. The maximum Gasteiger partial charge on any atom is 0.233 e. The highest BCUT2D eigenvalue weighted by Crippen LogP contribution is 2.59. The molecule has 7 heteroatoms. The molecule has 1 N–H and O–H groups in total. The average Bonchev–Trinajstić information content (AvgIpc) is 3.34. The molecule has 2 aliphatic rings. The van der Waals surface area contributed by atoms with Crippen LogP contribution in [0.3, 0.4) is 0 Å². The molecule has 30 heavy (non-hydrogen) atoms. The smallest absolute Gasteiger partial charge is 0.233 e. The summed E-state index contributed by atoms with van der Waals surface area (Å²) in [6.45, 7) is 4.26. The SMILES string of the molecule is C[C@@]12CC[C@@](C)(C1)[C@H](F)[C@@H](Oc1ccc(-c3ccc(-n4ccnc4)cc3O)nn1)C2. The van der Waals surface area contributed by atoms with Crippen LogP contribution < -0.4 is 4.74 Å². The third-order valence-electron chi connectivity index (χ3n) is 6.79. The number of aromatic nitrogens is 4. The summed E-state index contributed by atoms with van der Waals surface area (Å²) in [4.78, 5) is 4.01. The molecule has 2 heterocycles. The first-order valence-corrected chi connectivity index (χ1v) is 10.3. The maximum atomic E-state index is 15.1. The van der Waals surface area contributed by atoms with E-state index in [2.05, 4.69) is 22.1 Å². The first-order valence-electron chi connectivity index (χ1n) is 10.3. The van der Waals surface area contributed by atoms with Gasteiger partial charge >= 0.3 is 0 Å². The number of phenolic OH excluding ortho intramolecular Hbond substituents is 1. The van der Waals surface area contributed by atoms with Crippen molar-refractivity contribution < 1.29 is 14.2 Å². The fourth-order valence-corrected chi connectivity index (χ4v) is 5.28. The van der Waals surface area contributed by atoms with E-state index in [0.29, 0.717) is 23.6 Å². The Bertz CT molecular complexity index is 1060. The van der Waals surface area contributed by atoms with Crippen LogP contribution in [0.25, 0.3) is 16.9 Å². The van der Waals surface area contributed by atoms with Crippen molar-refractivity contribution in [1.82, 2.24) is 19.7 Å². The Morgan fingerprint density at radius 3 is 2.73 bits per heavy atom. The number of phenols is 1. The van der Waals surface area contributed by atoms with Gasteiger partial charge in [0.25, 0.3) is 0 Å². The Kier molecular flexibility index (Phi) is 4.31. The number of halogens is 1. The number of nitrogens with zero attached hydrogens (tertiary/aromatic N) is 4. The van der Waals surface area contributed by atoms with Gasteiger partial charge in [-0.1, -0.05) is 13.8 Å². The highest BCUT2D eigenvalue weighted by molar-refractivity contribution is 5.68. The van der Waals surface area contributed by atoms with Crippen LogP contribution in [0.4, 0.5) is 4.39 Å². The predicted octanol–water partition coefficient (Wildman–Crippen LogP) is 4.72. The number of alkyl halides is 1. The zero-order valence-electron chi connectivity index (χ0n) is 17.1. The van der Waals surface area contributed by atoms with E-state index in [-0.39, 0.29) is 16.6 Å². The number of hydrogen-bond acceptors (Lipinski definition) is 5. The summed E-state index contributed by atoms with van der Waals surface area (Å²) in [6, 6.07) is 8.74. The Labute approximate surface area is 174 Å². The number of fused-ring (bicyclic) bond motifs is 2. The van der Waals surface area contributed by atoms with Crippen molar-refractivity contribution in [3.63, 3.8) is 0 Å². The molecule has 156 valence electrons. The number of rotatable bonds is 4. The van der Waals surface area contributed by atoms with Gasteiger partial charge in [0.15, 0.2) is 0 Å². The van der Waals surface area contributed by atoms with Gasteiger partial charge in [0, 0.05) is 35.5 Å². The second kappa shape index (κ2) is 6.79. The van der Waals surface area contributed by atoms with Gasteiger partial charge in [-0.05, 0) is 49.3 Å². The molecule has 0 unspecified atom stereocenters. The van der Waals surface area contributed by atoms with Gasteiger partial charge in [0.2, 0.25) is 5.88 Å². The maximum absolute atomic E-state index is 15.1. The third kappa shape index (κ3) is 3.22. The molecule has 4 atom stereocenters. The highest BCUT2D eigenvalue weighted by atomic mass is 19.1. The van der Waals surface area contributed by atoms with Crippen LogP contribution in [0.5, 0.6) is 11.6 Å². The third-order valence-corrected chi connectivity index (χ3v) is 6.79. The molecule has 0 radical (unpaired) electrons. The van der Waals surface area contributed by atoms with Crippen LogP contribution in [0.15, 0.2) is 49.1 Å². The van der Waals surface area contributed by atoms with Crippen LogP contribution >= 0.6 is 0 Å². The monoisotopic (exact) mass is 408 g/mol. The van der Waals surface area contributed by atoms with Crippen LogP contribution in [0.1, 0.15) is 39.5 Å². The Morgan fingerprint density at radius 1 is 1.17 bits per heavy atom. The topological polar surface area (TPSA) is 73.1 Å². The molecule has 3 aromatic rings. The quantitative estimate of drug-likeness (QED) is 0.676. The first-order chi connectivity index (χ1) is 14.4. The summed E-state index contributed by atoms with van der Waals surface area (Å²) in [5, 5.41) is 18.8. The summed E-state index contributed by atoms with van der Waals surface area (Å²) in [5.41, 5.74) is 1.71. The van der Waals surface area contributed by atoms with Crippen molar-refractivity contribution in [3.05, 3.63) is 49.1 Å². The number of hydrogen-bond donors (Lipinski definition) is 1. The van der Waals surface area contributed by atoms with Gasteiger partial charge in [-0.3, -0.25) is 0 Å². The molecule has 5 rings (SSSR count).